The quantitative estimate of drug-likeness (QED) is 0.862. The van der Waals surface area contributed by atoms with E-state index in [1.807, 2.05) is 41.2 Å². The van der Waals surface area contributed by atoms with Gasteiger partial charge in [0, 0.05) is 12.8 Å². The highest BCUT2D eigenvalue weighted by molar-refractivity contribution is 5.92. The Bertz CT molecular complexity index is 633. The molecule has 3 rings (SSSR count). The summed E-state index contributed by atoms with van der Waals surface area (Å²) in [5.74, 6) is -0.191. The average Bonchev–Trinajstić information content (AvgIpc) is 3.26. The maximum Gasteiger partial charge on any atom is 0.272 e. The zero-order valence-electron chi connectivity index (χ0n) is 13.2. The van der Waals surface area contributed by atoms with Crippen molar-refractivity contribution in [2.45, 2.75) is 44.2 Å². The van der Waals surface area contributed by atoms with Gasteiger partial charge in [0.2, 0.25) is 0 Å². The van der Waals surface area contributed by atoms with Gasteiger partial charge in [0.25, 0.3) is 5.91 Å². The Labute approximate surface area is 136 Å². The van der Waals surface area contributed by atoms with Crippen LogP contribution in [0, 0.1) is 0 Å². The van der Waals surface area contributed by atoms with E-state index in [0.29, 0.717) is 18.2 Å². The molecule has 1 fully saturated rings. The van der Waals surface area contributed by atoms with E-state index in [1.165, 1.54) is 12.8 Å². The Morgan fingerprint density at radius 2 is 2.00 bits per heavy atom. The SMILES string of the molecule is O=C(N[C@@H](CCO)c1ccccc1)c1ccn(C2CCCC2)n1. The van der Waals surface area contributed by atoms with Gasteiger partial charge in [0.05, 0.1) is 12.1 Å². The number of aromatic nitrogens is 2. The van der Waals surface area contributed by atoms with Crippen LogP contribution in [0.2, 0.25) is 0 Å². The van der Waals surface area contributed by atoms with Gasteiger partial charge in [-0.15, -0.1) is 0 Å². The highest BCUT2D eigenvalue weighted by Gasteiger charge is 2.21. The third-order valence-corrected chi connectivity index (χ3v) is 4.46. The molecular weight excluding hydrogens is 290 g/mol. The molecule has 23 heavy (non-hydrogen) atoms. The summed E-state index contributed by atoms with van der Waals surface area (Å²) in [5.41, 5.74) is 1.43. The van der Waals surface area contributed by atoms with Crippen molar-refractivity contribution in [3.8, 4) is 0 Å². The van der Waals surface area contributed by atoms with Crippen LogP contribution < -0.4 is 5.32 Å². The molecule has 0 aliphatic heterocycles. The maximum absolute atomic E-state index is 12.5. The summed E-state index contributed by atoms with van der Waals surface area (Å²) >= 11 is 0. The predicted octanol–water partition coefficient (Wildman–Crippen LogP) is 2.85. The fourth-order valence-electron chi connectivity index (χ4n) is 3.20. The van der Waals surface area contributed by atoms with Crippen molar-refractivity contribution in [2.75, 3.05) is 6.61 Å². The van der Waals surface area contributed by atoms with E-state index in [9.17, 15) is 9.90 Å². The van der Waals surface area contributed by atoms with Gasteiger partial charge in [-0.2, -0.15) is 5.10 Å². The number of benzene rings is 1. The lowest BCUT2D eigenvalue weighted by Gasteiger charge is -2.17. The fraction of sp³-hybridized carbons (Fsp3) is 0.444. The number of aliphatic hydroxyl groups is 1. The lowest BCUT2D eigenvalue weighted by atomic mass is 10.0. The molecule has 1 atom stereocenters. The van der Waals surface area contributed by atoms with Gasteiger partial charge in [0.15, 0.2) is 0 Å². The number of amides is 1. The summed E-state index contributed by atoms with van der Waals surface area (Å²) in [6.45, 7) is 0.0242. The van der Waals surface area contributed by atoms with E-state index in [2.05, 4.69) is 10.4 Å². The molecule has 0 saturated heterocycles. The molecule has 5 nitrogen and oxygen atoms in total. The summed E-state index contributed by atoms with van der Waals surface area (Å²) < 4.78 is 1.92. The van der Waals surface area contributed by atoms with Crippen molar-refractivity contribution in [3.63, 3.8) is 0 Å². The number of nitrogens with zero attached hydrogens (tertiary/aromatic N) is 2. The Morgan fingerprint density at radius 1 is 1.26 bits per heavy atom. The largest absolute Gasteiger partial charge is 0.396 e. The van der Waals surface area contributed by atoms with Crippen LogP contribution >= 0.6 is 0 Å². The van der Waals surface area contributed by atoms with Crippen molar-refractivity contribution < 1.29 is 9.90 Å². The molecule has 1 saturated carbocycles. The smallest absolute Gasteiger partial charge is 0.272 e. The number of nitrogens with one attached hydrogen (secondary N) is 1. The first-order valence-electron chi connectivity index (χ1n) is 8.30. The lowest BCUT2D eigenvalue weighted by Crippen LogP contribution is -2.29. The molecule has 5 heteroatoms. The second kappa shape index (κ2) is 7.42. The molecule has 0 radical (unpaired) electrons. The van der Waals surface area contributed by atoms with E-state index in [4.69, 9.17) is 0 Å². The number of hydrogen-bond donors (Lipinski definition) is 2. The molecule has 2 N–H and O–H groups in total. The van der Waals surface area contributed by atoms with Crippen LogP contribution in [-0.2, 0) is 0 Å². The molecule has 1 heterocycles. The van der Waals surface area contributed by atoms with E-state index in [1.54, 1.807) is 6.07 Å². The molecule has 0 unspecified atom stereocenters. The number of carbonyl (C=O) groups is 1. The highest BCUT2D eigenvalue weighted by atomic mass is 16.3. The van der Waals surface area contributed by atoms with Crippen molar-refractivity contribution >= 4 is 5.91 Å². The molecule has 1 aliphatic rings. The zero-order chi connectivity index (χ0) is 16.1. The fourth-order valence-corrected chi connectivity index (χ4v) is 3.20. The number of aliphatic hydroxyl groups excluding tert-OH is 1. The number of carbonyl (C=O) groups excluding carboxylic acids is 1. The Hall–Kier alpha value is -2.14. The van der Waals surface area contributed by atoms with E-state index in [0.717, 1.165) is 18.4 Å². The summed E-state index contributed by atoms with van der Waals surface area (Å²) in [6, 6.07) is 11.7. The number of rotatable bonds is 6. The first-order chi connectivity index (χ1) is 11.3. The molecule has 0 bridgehead atoms. The summed E-state index contributed by atoms with van der Waals surface area (Å²) in [5, 5.41) is 16.7. The van der Waals surface area contributed by atoms with Gasteiger partial charge in [0.1, 0.15) is 5.69 Å². The first-order valence-corrected chi connectivity index (χ1v) is 8.30. The van der Waals surface area contributed by atoms with Crippen LogP contribution in [0.4, 0.5) is 0 Å². The van der Waals surface area contributed by atoms with Crippen LogP contribution in [-0.4, -0.2) is 27.4 Å². The molecule has 2 aromatic rings. The number of hydrogen-bond acceptors (Lipinski definition) is 3. The minimum absolute atomic E-state index is 0.0242. The Morgan fingerprint density at radius 3 is 2.70 bits per heavy atom. The van der Waals surface area contributed by atoms with Gasteiger partial charge in [-0.25, -0.2) is 0 Å². The van der Waals surface area contributed by atoms with Gasteiger partial charge in [-0.1, -0.05) is 43.2 Å². The molecule has 1 aliphatic carbocycles. The van der Waals surface area contributed by atoms with Crippen molar-refractivity contribution in [2.24, 2.45) is 0 Å². The van der Waals surface area contributed by atoms with Crippen molar-refractivity contribution in [1.82, 2.24) is 15.1 Å². The van der Waals surface area contributed by atoms with Crippen LogP contribution in [0.25, 0.3) is 0 Å². The van der Waals surface area contributed by atoms with Crippen LogP contribution in [0.3, 0.4) is 0 Å². The van der Waals surface area contributed by atoms with Crippen LogP contribution in [0.5, 0.6) is 0 Å². The summed E-state index contributed by atoms with van der Waals surface area (Å²) in [6.07, 6.45) is 7.13. The second-order valence-electron chi connectivity index (χ2n) is 6.07. The molecule has 122 valence electrons. The van der Waals surface area contributed by atoms with Crippen LogP contribution in [0.1, 0.15) is 60.2 Å². The van der Waals surface area contributed by atoms with E-state index < -0.39 is 0 Å². The topological polar surface area (TPSA) is 67.2 Å². The van der Waals surface area contributed by atoms with E-state index in [-0.39, 0.29) is 18.6 Å². The van der Waals surface area contributed by atoms with Crippen molar-refractivity contribution in [3.05, 3.63) is 53.9 Å². The van der Waals surface area contributed by atoms with Crippen LogP contribution in [0.15, 0.2) is 42.6 Å². The molecule has 1 aromatic carbocycles. The lowest BCUT2D eigenvalue weighted by molar-refractivity contribution is 0.0923. The molecule has 1 aromatic heterocycles. The summed E-state index contributed by atoms with van der Waals surface area (Å²) in [7, 11) is 0. The van der Waals surface area contributed by atoms with Gasteiger partial charge < -0.3 is 10.4 Å². The Kier molecular flexibility index (Phi) is 5.08. The normalized spacial score (nSPS) is 16.4. The first kappa shape index (κ1) is 15.7. The standard InChI is InChI=1S/C18H23N3O2/c22-13-11-16(14-6-2-1-3-7-14)19-18(23)17-10-12-21(20-17)15-8-4-5-9-15/h1-3,6-7,10,12,15-16,22H,4-5,8-9,11,13H2,(H,19,23)/t16-/m0/s1. The van der Waals surface area contributed by atoms with Gasteiger partial charge in [-0.05, 0) is 30.9 Å². The van der Waals surface area contributed by atoms with Crippen molar-refractivity contribution in [1.29, 1.82) is 0 Å². The molecular formula is C18H23N3O2. The minimum Gasteiger partial charge on any atom is -0.396 e. The third-order valence-electron chi connectivity index (χ3n) is 4.46. The molecule has 1 amide bonds. The second-order valence-corrected chi connectivity index (χ2v) is 6.07. The zero-order valence-corrected chi connectivity index (χ0v) is 13.2. The maximum atomic E-state index is 12.5. The third kappa shape index (κ3) is 3.79. The minimum atomic E-state index is -0.203. The Balaban J connectivity index is 1.69. The summed E-state index contributed by atoms with van der Waals surface area (Å²) in [4.78, 5) is 12.5. The van der Waals surface area contributed by atoms with Gasteiger partial charge >= 0.3 is 0 Å². The van der Waals surface area contributed by atoms with Gasteiger partial charge in [-0.3, -0.25) is 9.48 Å². The molecule has 0 spiro atoms. The van der Waals surface area contributed by atoms with E-state index >= 15 is 0 Å². The predicted molar refractivity (Wildman–Crippen MR) is 88.1 cm³/mol. The highest BCUT2D eigenvalue weighted by Crippen LogP contribution is 2.28. The average molecular weight is 313 g/mol. The monoisotopic (exact) mass is 313 g/mol.